The predicted octanol–water partition coefficient (Wildman–Crippen LogP) is 14.7. The molecule has 56 heavy (non-hydrogen) atoms. The third-order valence-corrected chi connectivity index (χ3v) is 13.5. The van der Waals surface area contributed by atoms with Gasteiger partial charge in [-0.3, -0.25) is 0 Å². The molecule has 1 aliphatic rings. The van der Waals surface area contributed by atoms with Crippen molar-refractivity contribution < 1.29 is 0 Å². The molecule has 0 spiro atoms. The zero-order valence-electron chi connectivity index (χ0n) is 31.1. The first-order chi connectivity index (χ1) is 27.5. The number of hydrogen-bond acceptors (Lipinski definition) is 1. The van der Waals surface area contributed by atoms with Crippen molar-refractivity contribution >= 4 is 64.2 Å². The molecule has 0 atom stereocenters. The molecule has 0 fully saturated rings. The van der Waals surface area contributed by atoms with Gasteiger partial charge in [-0.25, -0.2) is 0 Å². The molecule has 3 heterocycles. The summed E-state index contributed by atoms with van der Waals surface area (Å²) in [4.78, 5) is 0. The molecule has 0 radical (unpaired) electrons. The molecule has 8 aromatic carbocycles. The van der Waals surface area contributed by atoms with E-state index in [2.05, 4.69) is 205 Å². The highest BCUT2D eigenvalue weighted by Gasteiger charge is 2.40. The van der Waals surface area contributed by atoms with Crippen molar-refractivity contribution in [1.29, 1.82) is 0 Å². The van der Waals surface area contributed by atoms with Crippen LogP contribution in [0.15, 0.2) is 182 Å². The van der Waals surface area contributed by atoms with Gasteiger partial charge in [-0.1, -0.05) is 135 Å². The number of fused-ring (bicyclic) bond motifs is 11. The molecule has 12 rings (SSSR count). The summed E-state index contributed by atoms with van der Waals surface area (Å²) in [7, 11) is 0. The van der Waals surface area contributed by atoms with Gasteiger partial charge < -0.3 is 9.13 Å². The third-order valence-electron chi connectivity index (χ3n) is 12.3. The van der Waals surface area contributed by atoms with Crippen molar-refractivity contribution in [2.45, 2.75) is 19.3 Å². The fourth-order valence-electron chi connectivity index (χ4n) is 9.77. The highest BCUT2D eigenvalue weighted by atomic mass is 32.1. The molecule has 1 aliphatic carbocycles. The van der Waals surface area contributed by atoms with Gasteiger partial charge in [0.25, 0.3) is 0 Å². The quantitative estimate of drug-likeness (QED) is 0.170. The van der Waals surface area contributed by atoms with Gasteiger partial charge in [-0.05, 0) is 94.0 Å². The van der Waals surface area contributed by atoms with Crippen LogP contribution in [0.25, 0.3) is 97.8 Å². The first kappa shape index (κ1) is 31.6. The summed E-state index contributed by atoms with van der Waals surface area (Å²) in [6.07, 6.45) is 0. The van der Waals surface area contributed by atoms with Gasteiger partial charge in [-0.2, -0.15) is 0 Å². The van der Waals surface area contributed by atoms with Gasteiger partial charge in [-0.15, -0.1) is 11.3 Å². The van der Waals surface area contributed by atoms with E-state index in [0.29, 0.717) is 0 Å². The standard InChI is InChI=1S/C53H36N2S/c1-53(2)45-20-9-6-17-42(45)51-50(53)44-32-35(34-25-29-47-43(31-34)39-15-7-10-21-46(39)54(47)36-13-4-3-5-14-36)26-30-48(44)55(51)37-27-23-33(24-28-37)38-18-12-19-41-40-16-8-11-22-49(40)56-52(38)41/h3-32H,1-2H3. The zero-order chi connectivity index (χ0) is 37.1. The minimum Gasteiger partial charge on any atom is -0.309 e. The summed E-state index contributed by atoms with van der Waals surface area (Å²) in [5, 5.41) is 6.51. The van der Waals surface area contributed by atoms with Crippen LogP contribution in [-0.2, 0) is 5.41 Å². The molecule has 3 aromatic heterocycles. The number of benzene rings is 8. The summed E-state index contributed by atoms with van der Waals surface area (Å²) in [6.45, 7) is 4.79. The Balaban J connectivity index is 1.04. The van der Waals surface area contributed by atoms with Crippen LogP contribution in [0.3, 0.4) is 0 Å². The SMILES string of the molecule is CC1(C)c2ccccc2-c2c1c1cc(-c3ccc4c(c3)c3ccccc3n4-c3ccccc3)ccc1n2-c1ccc(-c2cccc3c2sc2ccccc23)cc1. The van der Waals surface area contributed by atoms with Crippen LogP contribution in [0.4, 0.5) is 0 Å². The maximum atomic E-state index is 2.52. The zero-order valence-corrected chi connectivity index (χ0v) is 31.9. The van der Waals surface area contributed by atoms with E-state index in [9.17, 15) is 0 Å². The van der Waals surface area contributed by atoms with E-state index in [1.165, 1.54) is 109 Å². The second-order valence-corrected chi connectivity index (χ2v) is 16.8. The fourth-order valence-corrected chi connectivity index (χ4v) is 11.0. The van der Waals surface area contributed by atoms with Crippen molar-refractivity contribution in [2.75, 3.05) is 0 Å². The van der Waals surface area contributed by atoms with Crippen molar-refractivity contribution in [2.24, 2.45) is 0 Å². The van der Waals surface area contributed by atoms with Crippen molar-refractivity contribution in [3.05, 3.63) is 193 Å². The van der Waals surface area contributed by atoms with Crippen LogP contribution in [0.1, 0.15) is 25.0 Å². The number of aromatic nitrogens is 2. The maximum Gasteiger partial charge on any atom is 0.0584 e. The predicted molar refractivity (Wildman–Crippen MR) is 239 cm³/mol. The summed E-state index contributed by atoms with van der Waals surface area (Å²) in [5.41, 5.74) is 16.3. The Kier molecular flexibility index (Phi) is 6.59. The van der Waals surface area contributed by atoms with Crippen molar-refractivity contribution in [3.63, 3.8) is 0 Å². The van der Waals surface area contributed by atoms with Crippen LogP contribution < -0.4 is 0 Å². The van der Waals surface area contributed by atoms with E-state index >= 15 is 0 Å². The lowest BCUT2D eigenvalue weighted by atomic mass is 9.81. The minimum atomic E-state index is -0.155. The van der Waals surface area contributed by atoms with Crippen molar-refractivity contribution in [1.82, 2.24) is 9.13 Å². The first-order valence-electron chi connectivity index (χ1n) is 19.4. The van der Waals surface area contributed by atoms with Crippen LogP contribution >= 0.6 is 11.3 Å². The molecule has 0 N–H and O–H groups in total. The number of para-hydroxylation sites is 2. The average molecular weight is 733 g/mol. The summed E-state index contributed by atoms with van der Waals surface area (Å²) < 4.78 is 7.58. The molecule has 3 heteroatoms. The van der Waals surface area contributed by atoms with Gasteiger partial charge in [0.15, 0.2) is 0 Å². The average Bonchev–Trinajstić information content (AvgIpc) is 3.97. The Hall–Kier alpha value is -6.68. The lowest BCUT2D eigenvalue weighted by molar-refractivity contribution is 0.666. The molecule has 0 amide bonds. The Bertz CT molecular complexity index is 3370. The Morgan fingerprint density at radius 1 is 0.411 bits per heavy atom. The molecule has 0 bridgehead atoms. The van der Waals surface area contributed by atoms with Crippen LogP contribution in [0.2, 0.25) is 0 Å². The topological polar surface area (TPSA) is 9.86 Å². The monoisotopic (exact) mass is 732 g/mol. The molecule has 0 unspecified atom stereocenters. The summed E-state index contributed by atoms with van der Waals surface area (Å²) in [6, 6.07) is 67.4. The maximum absolute atomic E-state index is 2.52. The lowest BCUT2D eigenvalue weighted by Crippen LogP contribution is -2.14. The van der Waals surface area contributed by atoms with Gasteiger partial charge in [0.05, 0.1) is 22.2 Å². The van der Waals surface area contributed by atoms with E-state index in [1.807, 2.05) is 11.3 Å². The molecule has 264 valence electrons. The van der Waals surface area contributed by atoms with E-state index in [1.54, 1.807) is 0 Å². The van der Waals surface area contributed by atoms with Crippen LogP contribution in [0.5, 0.6) is 0 Å². The highest BCUT2D eigenvalue weighted by Crippen LogP contribution is 2.54. The Morgan fingerprint density at radius 3 is 1.82 bits per heavy atom. The van der Waals surface area contributed by atoms with E-state index in [4.69, 9.17) is 0 Å². The second-order valence-electron chi connectivity index (χ2n) is 15.7. The Morgan fingerprint density at radius 2 is 1.00 bits per heavy atom. The molecular formula is C53H36N2S. The number of rotatable bonds is 4. The Labute approximate surface area is 329 Å². The fraction of sp³-hybridized carbons (Fsp3) is 0.0566. The highest BCUT2D eigenvalue weighted by molar-refractivity contribution is 7.26. The molecule has 0 saturated carbocycles. The minimum absolute atomic E-state index is 0.155. The number of nitrogens with zero attached hydrogens (tertiary/aromatic N) is 2. The number of thiophene rings is 1. The van der Waals surface area contributed by atoms with Gasteiger partial charge in [0.1, 0.15) is 0 Å². The molecule has 0 aliphatic heterocycles. The van der Waals surface area contributed by atoms with E-state index in [0.717, 1.165) is 0 Å². The lowest BCUT2D eigenvalue weighted by Gasteiger charge is -2.21. The molecule has 11 aromatic rings. The normalized spacial score (nSPS) is 13.3. The molecule has 0 saturated heterocycles. The number of hydrogen-bond donors (Lipinski definition) is 0. The van der Waals surface area contributed by atoms with Gasteiger partial charge in [0.2, 0.25) is 0 Å². The third kappa shape index (κ3) is 4.38. The first-order valence-corrected chi connectivity index (χ1v) is 20.3. The van der Waals surface area contributed by atoms with Crippen molar-refractivity contribution in [3.8, 4) is 44.9 Å². The van der Waals surface area contributed by atoms with Crippen LogP contribution in [0, 0.1) is 0 Å². The van der Waals surface area contributed by atoms with Crippen LogP contribution in [-0.4, -0.2) is 9.13 Å². The molecular weight excluding hydrogens is 697 g/mol. The summed E-state index contributed by atoms with van der Waals surface area (Å²) >= 11 is 1.89. The smallest absolute Gasteiger partial charge is 0.0584 e. The van der Waals surface area contributed by atoms with Gasteiger partial charge >= 0.3 is 0 Å². The largest absolute Gasteiger partial charge is 0.309 e. The summed E-state index contributed by atoms with van der Waals surface area (Å²) in [5.74, 6) is 0. The second kappa shape index (κ2) is 11.7. The molecule has 2 nitrogen and oxygen atoms in total. The van der Waals surface area contributed by atoms with E-state index in [-0.39, 0.29) is 5.41 Å². The van der Waals surface area contributed by atoms with E-state index < -0.39 is 0 Å². The van der Waals surface area contributed by atoms with Gasteiger partial charge in [0, 0.05) is 58.7 Å².